The van der Waals surface area contributed by atoms with E-state index in [2.05, 4.69) is 5.10 Å². The third-order valence-corrected chi connectivity index (χ3v) is 9.44. The highest BCUT2D eigenvalue weighted by molar-refractivity contribution is 7.91. The Labute approximate surface area is 263 Å². The summed E-state index contributed by atoms with van der Waals surface area (Å²) in [7, 11) is -4.24. The summed E-state index contributed by atoms with van der Waals surface area (Å²) in [4.78, 5) is 26.7. The smallest absolute Gasteiger partial charge is 0.416 e. The average molecular weight is 689 g/mol. The Bertz CT molecular complexity index is 1800. The van der Waals surface area contributed by atoms with Gasteiger partial charge >= 0.3 is 12.4 Å². The molecule has 252 valence electrons. The Morgan fingerprint density at radius 1 is 1.06 bits per heavy atom. The fourth-order valence-corrected chi connectivity index (χ4v) is 6.44. The van der Waals surface area contributed by atoms with E-state index in [-0.39, 0.29) is 30.8 Å². The Morgan fingerprint density at radius 2 is 1.77 bits per heavy atom. The summed E-state index contributed by atoms with van der Waals surface area (Å²) in [5.41, 5.74) is -5.58. The summed E-state index contributed by atoms with van der Waals surface area (Å²) in [5.74, 6) is -4.96. The first kappa shape index (κ1) is 33.9. The van der Waals surface area contributed by atoms with E-state index in [1.807, 2.05) is 0 Å². The SMILES string of the molecule is O=C1N[C@@](c2ccc(OCCCC(F)(F)F)cc2F)(C(F)(F)F)CC(c2ccn(Cc3ccccc3)n2)=C1C(=O)NS(=O)(=O)C1CC1. The zero-order valence-electron chi connectivity index (χ0n) is 24.3. The number of carbonyl (C=O) groups excluding carboxylic acids is 2. The van der Waals surface area contributed by atoms with Crippen LogP contribution in [0.5, 0.6) is 5.75 Å². The van der Waals surface area contributed by atoms with Gasteiger partial charge in [-0.05, 0) is 43.0 Å². The van der Waals surface area contributed by atoms with Gasteiger partial charge in [-0.25, -0.2) is 17.5 Å². The number of ether oxygens (including phenoxy) is 1. The molecule has 47 heavy (non-hydrogen) atoms. The third-order valence-electron chi connectivity index (χ3n) is 7.62. The zero-order chi connectivity index (χ0) is 34.2. The normalized spacial score (nSPS) is 19.0. The van der Waals surface area contributed by atoms with Gasteiger partial charge in [-0.15, -0.1) is 0 Å². The van der Waals surface area contributed by atoms with Crippen LogP contribution in [0, 0.1) is 5.82 Å². The lowest BCUT2D eigenvalue weighted by atomic mass is 9.77. The van der Waals surface area contributed by atoms with Crippen molar-refractivity contribution < 1.29 is 53.5 Å². The quantitative estimate of drug-likeness (QED) is 0.164. The van der Waals surface area contributed by atoms with Crippen molar-refractivity contribution in [2.45, 2.75) is 61.8 Å². The van der Waals surface area contributed by atoms with Gasteiger partial charge in [-0.3, -0.25) is 14.3 Å². The molecule has 2 N–H and O–H groups in total. The second kappa shape index (κ2) is 12.7. The maximum Gasteiger partial charge on any atom is 0.416 e. The van der Waals surface area contributed by atoms with Crippen molar-refractivity contribution in [2.24, 2.45) is 0 Å². The fourth-order valence-electron chi connectivity index (χ4n) is 5.15. The summed E-state index contributed by atoms with van der Waals surface area (Å²) in [5, 5.41) is 5.07. The predicted octanol–water partition coefficient (Wildman–Crippen LogP) is 5.13. The number of nitrogens with one attached hydrogen (secondary N) is 2. The largest absolute Gasteiger partial charge is 0.493 e. The first-order valence-corrected chi connectivity index (χ1v) is 15.8. The van der Waals surface area contributed by atoms with Gasteiger partial charge in [0, 0.05) is 36.2 Å². The second-order valence-corrected chi connectivity index (χ2v) is 13.1. The summed E-state index contributed by atoms with van der Waals surface area (Å²) in [6, 6.07) is 12.2. The van der Waals surface area contributed by atoms with Crippen molar-refractivity contribution in [3.05, 3.63) is 89.0 Å². The van der Waals surface area contributed by atoms with Crippen molar-refractivity contribution in [2.75, 3.05) is 6.61 Å². The molecule has 1 atom stereocenters. The monoisotopic (exact) mass is 688 g/mol. The van der Waals surface area contributed by atoms with Gasteiger partial charge in [-0.2, -0.15) is 31.4 Å². The molecule has 5 rings (SSSR count). The van der Waals surface area contributed by atoms with Gasteiger partial charge in [0.15, 0.2) is 5.54 Å². The van der Waals surface area contributed by atoms with Gasteiger partial charge < -0.3 is 10.1 Å². The van der Waals surface area contributed by atoms with Gasteiger partial charge in [0.1, 0.15) is 17.1 Å². The maximum absolute atomic E-state index is 15.5. The van der Waals surface area contributed by atoms with Crippen LogP contribution in [0.1, 0.15) is 48.9 Å². The maximum atomic E-state index is 15.5. The third kappa shape index (κ3) is 7.60. The molecule has 1 aliphatic carbocycles. The molecule has 2 amide bonds. The number of rotatable bonds is 11. The number of hydrogen-bond acceptors (Lipinski definition) is 6. The molecule has 2 aliphatic rings. The first-order chi connectivity index (χ1) is 22.0. The van der Waals surface area contributed by atoms with Crippen molar-refractivity contribution in [1.82, 2.24) is 19.8 Å². The van der Waals surface area contributed by atoms with Crippen LogP contribution in [-0.4, -0.2) is 54.2 Å². The Hall–Kier alpha value is -4.41. The summed E-state index contributed by atoms with van der Waals surface area (Å²) < 4.78 is 131. The van der Waals surface area contributed by atoms with Crippen LogP contribution < -0.4 is 14.8 Å². The molecule has 1 saturated carbocycles. The molecule has 2 heterocycles. The van der Waals surface area contributed by atoms with Crippen molar-refractivity contribution in [1.29, 1.82) is 0 Å². The standard InChI is InChI=1S/C30H27F7N4O5S/c31-23-15-19(46-14-4-12-29(32,33)34)7-10-22(23)28(30(35,36)37)16-21(24-11-13-41(39-24)17-18-5-2-1-3-6-18)25(26(42)38-28)27(43)40-47(44,45)20-8-9-20/h1-3,5-7,10-11,13,15,20H,4,8-9,12,14,16-17H2,(H,38,42)(H,40,43)/t28-/m0/s1. The molecule has 9 nitrogen and oxygen atoms in total. The molecule has 17 heteroatoms. The molecule has 1 aliphatic heterocycles. The number of benzene rings is 2. The molecule has 2 aromatic carbocycles. The van der Waals surface area contributed by atoms with Crippen molar-refractivity contribution in [3.8, 4) is 5.75 Å². The minimum Gasteiger partial charge on any atom is -0.493 e. The highest BCUT2D eigenvalue weighted by Crippen LogP contribution is 2.49. The van der Waals surface area contributed by atoms with Crippen LogP contribution in [0.2, 0.25) is 0 Å². The van der Waals surface area contributed by atoms with E-state index in [9.17, 15) is 31.2 Å². The fraction of sp³-hybridized carbons (Fsp3) is 0.367. The van der Waals surface area contributed by atoms with Gasteiger partial charge in [0.2, 0.25) is 10.0 Å². The van der Waals surface area contributed by atoms with E-state index >= 15 is 17.6 Å². The van der Waals surface area contributed by atoms with Gasteiger partial charge in [0.25, 0.3) is 11.8 Å². The number of sulfonamides is 1. The number of aromatic nitrogens is 2. The minimum atomic E-state index is -5.39. The van der Waals surface area contributed by atoms with Crippen LogP contribution in [0.15, 0.2) is 66.4 Å². The number of alkyl halides is 6. The predicted molar refractivity (Wildman–Crippen MR) is 152 cm³/mol. The molecule has 1 aromatic heterocycles. The summed E-state index contributed by atoms with van der Waals surface area (Å²) in [6.07, 6.45) is -10.9. The summed E-state index contributed by atoms with van der Waals surface area (Å²) in [6.45, 7) is -0.346. The first-order valence-electron chi connectivity index (χ1n) is 14.2. The van der Waals surface area contributed by atoms with Crippen molar-refractivity contribution >= 4 is 27.4 Å². The Kier molecular flexibility index (Phi) is 9.14. The molecule has 0 spiro atoms. The number of hydrogen-bond donors (Lipinski definition) is 2. The van der Waals surface area contributed by atoms with E-state index in [0.29, 0.717) is 12.1 Å². The van der Waals surface area contributed by atoms with Crippen LogP contribution >= 0.6 is 0 Å². The van der Waals surface area contributed by atoms with Gasteiger partial charge in [-0.1, -0.05) is 30.3 Å². The highest BCUT2D eigenvalue weighted by Gasteiger charge is 2.61. The summed E-state index contributed by atoms with van der Waals surface area (Å²) >= 11 is 0. The molecule has 1 fully saturated rings. The van der Waals surface area contributed by atoms with E-state index < -0.39 is 93.4 Å². The number of nitrogens with zero attached hydrogens (tertiary/aromatic N) is 2. The number of carbonyl (C=O) groups is 2. The Morgan fingerprint density at radius 3 is 2.38 bits per heavy atom. The Balaban J connectivity index is 1.54. The molecule has 0 saturated heterocycles. The molecule has 0 radical (unpaired) electrons. The van der Waals surface area contributed by atoms with E-state index in [4.69, 9.17) is 4.74 Å². The molecule has 0 unspecified atom stereocenters. The highest BCUT2D eigenvalue weighted by atomic mass is 32.2. The molecule has 3 aromatic rings. The molecule has 0 bridgehead atoms. The number of halogens is 7. The van der Waals surface area contributed by atoms with Gasteiger partial charge in [0.05, 0.1) is 24.1 Å². The van der Waals surface area contributed by atoms with Crippen LogP contribution in [0.4, 0.5) is 30.7 Å². The molecular formula is C30H27F7N4O5S. The zero-order valence-corrected chi connectivity index (χ0v) is 25.1. The van der Waals surface area contributed by atoms with Crippen LogP contribution in [0.3, 0.4) is 0 Å². The molecular weight excluding hydrogens is 661 g/mol. The second-order valence-electron chi connectivity index (χ2n) is 11.2. The topological polar surface area (TPSA) is 119 Å². The van der Waals surface area contributed by atoms with Crippen molar-refractivity contribution in [3.63, 3.8) is 0 Å². The van der Waals surface area contributed by atoms with Crippen LogP contribution in [0.25, 0.3) is 5.57 Å². The average Bonchev–Trinajstić information content (AvgIpc) is 3.74. The lowest BCUT2D eigenvalue weighted by Gasteiger charge is -2.41. The van der Waals surface area contributed by atoms with E-state index in [1.165, 1.54) is 16.9 Å². The lowest BCUT2D eigenvalue weighted by molar-refractivity contribution is -0.202. The number of amides is 2. The van der Waals surface area contributed by atoms with E-state index in [1.54, 1.807) is 40.4 Å². The van der Waals surface area contributed by atoms with Crippen LogP contribution in [-0.2, 0) is 31.7 Å². The minimum absolute atomic E-state index is 0.154. The lowest BCUT2D eigenvalue weighted by Crippen LogP contribution is -2.60. The van der Waals surface area contributed by atoms with E-state index in [0.717, 1.165) is 11.6 Å².